The van der Waals surface area contributed by atoms with Crippen molar-refractivity contribution in [2.24, 2.45) is 0 Å². The Morgan fingerprint density at radius 3 is 2.35 bits per heavy atom. The number of aryl methyl sites for hydroxylation is 1. The third-order valence-electron chi connectivity index (χ3n) is 5.42. The lowest BCUT2D eigenvalue weighted by Gasteiger charge is -2.25. The molecule has 7 nitrogen and oxygen atoms in total. The number of aromatic nitrogens is 1. The molecule has 3 aromatic carbocycles. The average Bonchev–Trinajstić information content (AvgIpc) is 3.23. The smallest absolute Gasteiger partial charge is 0.340 e. The monoisotopic (exact) mass is 496 g/mol. The van der Waals surface area contributed by atoms with Crippen molar-refractivity contribution in [3.63, 3.8) is 0 Å². The first kappa shape index (κ1) is 23.5. The van der Waals surface area contributed by atoms with E-state index in [9.17, 15) is 18.0 Å². The highest BCUT2D eigenvalue weighted by Crippen LogP contribution is 2.30. The van der Waals surface area contributed by atoms with E-state index >= 15 is 0 Å². The maximum Gasteiger partial charge on any atom is 0.340 e. The normalized spacial score (nSPS) is 11.4. The first-order valence-electron chi connectivity index (χ1n) is 10.3. The van der Waals surface area contributed by atoms with Crippen molar-refractivity contribution in [2.45, 2.75) is 11.8 Å². The molecule has 174 valence electrons. The fourth-order valence-corrected chi connectivity index (χ4v) is 5.50. The molecule has 0 unspecified atom stereocenters. The number of nitrogens with zero attached hydrogens (tertiary/aromatic N) is 2. The highest BCUT2D eigenvalue weighted by molar-refractivity contribution is 7.92. The van der Waals surface area contributed by atoms with Gasteiger partial charge >= 0.3 is 5.97 Å². The number of hydrogen-bond donors (Lipinski definition) is 0. The molecule has 0 bridgehead atoms. The van der Waals surface area contributed by atoms with Crippen LogP contribution in [0.5, 0.6) is 0 Å². The van der Waals surface area contributed by atoms with Crippen LogP contribution in [0.15, 0.2) is 83.9 Å². The third kappa shape index (κ3) is 4.30. The van der Waals surface area contributed by atoms with E-state index in [1.807, 2.05) is 0 Å². The van der Waals surface area contributed by atoms with Gasteiger partial charge in [0.1, 0.15) is 6.54 Å². The molecule has 0 amide bonds. The Bertz CT molecular complexity index is 1500. The van der Waals surface area contributed by atoms with Crippen LogP contribution in [0.25, 0.3) is 10.9 Å². The highest BCUT2D eigenvalue weighted by atomic mass is 35.5. The number of para-hydroxylation sites is 1. The molecule has 0 fully saturated rings. The molecule has 0 aliphatic carbocycles. The van der Waals surface area contributed by atoms with Gasteiger partial charge in [0.15, 0.2) is 0 Å². The van der Waals surface area contributed by atoms with E-state index in [-0.39, 0.29) is 10.5 Å². The summed E-state index contributed by atoms with van der Waals surface area (Å²) < 4.78 is 34.4. The van der Waals surface area contributed by atoms with Crippen molar-refractivity contribution in [1.29, 1.82) is 0 Å². The second-order valence-electron chi connectivity index (χ2n) is 7.57. The maximum atomic E-state index is 13.6. The highest BCUT2D eigenvalue weighted by Gasteiger charge is 2.29. The minimum absolute atomic E-state index is 0.0461. The summed E-state index contributed by atoms with van der Waals surface area (Å²) in [6, 6.07) is 19.5. The predicted molar refractivity (Wildman–Crippen MR) is 131 cm³/mol. The number of carbonyl (C=O) groups is 2. The average molecular weight is 497 g/mol. The van der Waals surface area contributed by atoms with Crippen molar-refractivity contribution in [3.8, 4) is 0 Å². The number of halogens is 1. The SMILES string of the molecule is COC(=O)c1cn(C(=O)CN(c2ccc(Cl)cc2C)S(=O)(=O)c2ccccc2)c2ccccc12. The van der Waals surface area contributed by atoms with Crippen LogP contribution in [0, 0.1) is 6.92 Å². The summed E-state index contributed by atoms with van der Waals surface area (Å²) in [6.45, 7) is 1.22. The summed E-state index contributed by atoms with van der Waals surface area (Å²) in [5, 5.41) is 0.978. The zero-order valence-electron chi connectivity index (χ0n) is 18.4. The number of carbonyl (C=O) groups excluding carboxylic acids is 2. The van der Waals surface area contributed by atoms with Gasteiger partial charge in [-0.25, -0.2) is 13.2 Å². The number of esters is 1. The van der Waals surface area contributed by atoms with E-state index in [1.54, 1.807) is 67.6 Å². The molecule has 0 spiro atoms. The van der Waals surface area contributed by atoms with Gasteiger partial charge in [-0.3, -0.25) is 13.7 Å². The second kappa shape index (κ2) is 9.32. The molecule has 0 aliphatic rings. The molecule has 9 heteroatoms. The molecule has 0 saturated heterocycles. The van der Waals surface area contributed by atoms with E-state index in [0.717, 1.165) is 4.31 Å². The van der Waals surface area contributed by atoms with Crippen molar-refractivity contribution >= 4 is 50.1 Å². The lowest BCUT2D eigenvalue weighted by Crippen LogP contribution is -2.38. The van der Waals surface area contributed by atoms with Gasteiger partial charge in [-0.15, -0.1) is 0 Å². The Labute approximate surface area is 202 Å². The molecule has 0 radical (unpaired) electrons. The fourth-order valence-electron chi connectivity index (χ4n) is 3.78. The lowest BCUT2D eigenvalue weighted by molar-refractivity contribution is 0.0603. The van der Waals surface area contributed by atoms with Gasteiger partial charge in [0.2, 0.25) is 0 Å². The topological polar surface area (TPSA) is 85.7 Å². The number of benzene rings is 3. The summed E-state index contributed by atoms with van der Waals surface area (Å²) in [5.74, 6) is -1.13. The van der Waals surface area contributed by atoms with Crippen LogP contribution in [0.3, 0.4) is 0 Å². The molecule has 0 aliphatic heterocycles. The predicted octanol–water partition coefficient (Wildman–Crippen LogP) is 4.93. The number of fused-ring (bicyclic) bond motifs is 1. The second-order valence-corrected chi connectivity index (χ2v) is 9.87. The Hall–Kier alpha value is -3.62. The maximum absolute atomic E-state index is 13.6. The van der Waals surface area contributed by atoms with Crippen LogP contribution in [-0.2, 0) is 14.8 Å². The minimum Gasteiger partial charge on any atom is -0.465 e. The fraction of sp³-hybridized carbons (Fsp3) is 0.120. The van der Waals surface area contributed by atoms with Crippen LogP contribution < -0.4 is 4.31 Å². The first-order chi connectivity index (χ1) is 16.2. The Morgan fingerprint density at radius 2 is 1.68 bits per heavy atom. The van der Waals surface area contributed by atoms with E-state index < -0.39 is 28.4 Å². The molecule has 34 heavy (non-hydrogen) atoms. The van der Waals surface area contributed by atoms with Gasteiger partial charge in [-0.05, 0) is 48.9 Å². The number of rotatable bonds is 6. The minimum atomic E-state index is -4.10. The molecule has 1 aromatic heterocycles. The van der Waals surface area contributed by atoms with E-state index in [0.29, 0.717) is 27.2 Å². The zero-order valence-corrected chi connectivity index (χ0v) is 20.0. The van der Waals surface area contributed by atoms with Crippen LogP contribution in [0.1, 0.15) is 20.7 Å². The molecule has 0 N–H and O–H groups in total. The zero-order chi connectivity index (χ0) is 24.5. The summed E-state index contributed by atoms with van der Waals surface area (Å²) in [7, 11) is -2.84. The number of sulfonamides is 1. The van der Waals surface area contributed by atoms with Gasteiger partial charge < -0.3 is 4.74 Å². The van der Waals surface area contributed by atoms with E-state index in [2.05, 4.69) is 0 Å². The molecular weight excluding hydrogens is 476 g/mol. The Kier molecular flexibility index (Phi) is 6.45. The summed E-state index contributed by atoms with van der Waals surface area (Å²) in [4.78, 5) is 25.8. The van der Waals surface area contributed by atoms with Gasteiger partial charge in [-0.1, -0.05) is 48.0 Å². The van der Waals surface area contributed by atoms with Crippen molar-refractivity contribution < 1.29 is 22.7 Å². The number of methoxy groups -OCH3 is 1. The quantitative estimate of drug-likeness (QED) is 0.353. The van der Waals surface area contributed by atoms with Crippen LogP contribution >= 0.6 is 11.6 Å². The van der Waals surface area contributed by atoms with Crippen LogP contribution in [0.4, 0.5) is 5.69 Å². The van der Waals surface area contributed by atoms with E-state index in [4.69, 9.17) is 16.3 Å². The molecular formula is C25H21ClN2O5S. The molecule has 1 heterocycles. The molecule has 0 saturated carbocycles. The van der Waals surface area contributed by atoms with Gasteiger partial charge in [0, 0.05) is 16.6 Å². The number of ether oxygens (including phenoxy) is 1. The van der Waals surface area contributed by atoms with Crippen molar-refractivity contribution in [2.75, 3.05) is 18.0 Å². The first-order valence-corrected chi connectivity index (χ1v) is 12.1. The number of anilines is 1. The molecule has 0 atom stereocenters. The van der Waals surface area contributed by atoms with Crippen LogP contribution in [0.2, 0.25) is 5.02 Å². The van der Waals surface area contributed by atoms with Gasteiger partial charge in [-0.2, -0.15) is 0 Å². The van der Waals surface area contributed by atoms with Crippen molar-refractivity contribution in [3.05, 3.63) is 95.1 Å². The molecule has 4 aromatic rings. The van der Waals surface area contributed by atoms with E-state index in [1.165, 1.54) is 30.0 Å². The third-order valence-corrected chi connectivity index (χ3v) is 7.43. The Balaban J connectivity index is 1.83. The standard InChI is InChI=1S/C25H21ClN2O5S/c1-17-14-18(26)12-13-22(17)28(34(31,32)19-8-4-3-5-9-19)16-24(29)27-15-21(25(30)33-2)20-10-6-7-11-23(20)27/h3-15H,16H2,1-2H3. The van der Waals surface area contributed by atoms with Crippen LogP contribution in [-0.4, -0.2) is 38.5 Å². The Morgan fingerprint density at radius 1 is 1.00 bits per heavy atom. The lowest BCUT2D eigenvalue weighted by atomic mass is 10.2. The number of hydrogen-bond acceptors (Lipinski definition) is 5. The largest absolute Gasteiger partial charge is 0.465 e. The molecule has 4 rings (SSSR count). The summed E-state index contributed by atoms with van der Waals surface area (Å²) >= 11 is 6.08. The van der Waals surface area contributed by atoms with Gasteiger partial charge in [0.25, 0.3) is 15.9 Å². The van der Waals surface area contributed by atoms with Gasteiger partial charge in [0.05, 0.1) is 28.8 Å². The van der Waals surface area contributed by atoms with Crippen molar-refractivity contribution in [1.82, 2.24) is 4.57 Å². The summed E-state index contributed by atoms with van der Waals surface area (Å²) in [5.41, 5.74) is 1.60. The summed E-state index contributed by atoms with van der Waals surface area (Å²) in [6.07, 6.45) is 1.38.